The maximum Gasteiger partial charge on any atom is 0.0398 e. The SMILES string of the molecule is Cc1ccc2c(c1)CCCN2CCCC1CCCCN1. The summed E-state index contributed by atoms with van der Waals surface area (Å²) in [5, 5.41) is 3.66. The van der Waals surface area contributed by atoms with Crippen molar-refractivity contribution in [1.29, 1.82) is 0 Å². The number of nitrogens with zero attached hydrogens (tertiary/aromatic N) is 1. The summed E-state index contributed by atoms with van der Waals surface area (Å²) in [5.74, 6) is 0. The highest BCUT2D eigenvalue weighted by molar-refractivity contribution is 5.56. The van der Waals surface area contributed by atoms with E-state index >= 15 is 0 Å². The predicted octanol–water partition coefficient (Wildman–Crippen LogP) is 3.67. The molecule has 0 saturated carbocycles. The number of anilines is 1. The minimum absolute atomic E-state index is 0.783. The Kier molecular flexibility index (Phi) is 4.62. The first kappa shape index (κ1) is 13.9. The molecule has 1 atom stereocenters. The molecule has 1 N–H and O–H groups in total. The fourth-order valence-electron chi connectivity index (χ4n) is 3.74. The Morgan fingerprint density at radius 1 is 1.25 bits per heavy atom. The van der Waals surface area contributed by atoms with Crippen LogP contribution in [0.15, 0.2) is 18.2 Å². The Bertz CT molecular complexity index is 435. The van der Waals surface area contributed by atoms with Gasteiger partial charge in [0, 0.05) is 24.8 Å². The lowest BCUT2D eigenvalue weighted by molar-refractivity contribution is 0.375. The molecule has 110 valence electrons. The predicted molar refractivity (Wildman–Crippen MR) is 86.6 cm³/mol. The smallest absolute Gasteiger partial charge is 0.0398 e. The number of piperidine rings is 1. The minimum atomic E-state index is 0.783. The van der Waals surface area contributed by atoms with Gasteiger partial charge in [0.05, 0.1) is 0 Å². The summed E-state index contributed by atoms with van der Waals surface area (Å²) >= 11 is 0. The zero-order chi connectivity index (χ0) is 13.8. The van der Waals surface area contributed by atoms with E-state index in [1.807, 2.05) is 0 Å². The third-order valence-corrected chi connectivity index (χ3v) is 4.84. The molecule has 1 saturated heterocycles. The number of rotatable bonds is 4. The van der Waals surface area contributed by atoms with E-state index < -0.39 is 0 Å². The van der Waals surface area contributed by atoms with E-state index in [2.05, 4.69) is 35.3 Å². The van der Waals surface area contributed by atoms with Gasteiger partial charge in [-0.2, -0.15) is 0 Å². The van der Waals surface area contributed by atoms with Gasteiger partial charge in [-0.15, -0.1) is 0 Å². The van der Waals surface area contributed by atoms with Crippen LogP contribution in [0.2, 0.25) is 0 Å². The second-order valence-electron chi connectivity index (χ2n) is 6.51. The molecule has 0 aromatic heterocycles. The summed E-state index contributed by atoms with van der Waals surface area (Å²) in [6, 6.07) is 7.76. The molecule has 2 heterocycles. The Morgan fingerprint density at radius 2 is 2.20 bits per heavy atom. The van der Waals surface area contributed by atoms with Gasteiger partial charge >= 0.3 is 0 Å². The van der Waals surface area contributed by atoms with Gasteiger partial charge in [0.15, 0.2) is 0 Å². The van der Waals surface area contributed by atoms with Crippen LogP contribution < -0.4 is 10.2 Å². The lowest BCUT2D eigenvalue weighted by Crippen LogP contribution is -2.35. The average molecular weight is 272 g/mol. The molecule has 2 aliphatic heterocycles. The highest BCUT2D eigenvalue weighted by Crippen LogP contribution is 2.28. The summed E-state index contributed by atoms with van der Waals surface area (Å²) < 4.78 is 0. The van der Waals surface area contributed by atoms with Gasteiger partial charge in [0.2, 0.25) is 0 Å². The number of hydrogen-bond donors (Lipinski definition) is 1. The maximum atomic E-state index is 3.66. The zero-order valence-corrected chi connectivity index (χ0v) is 12.8. The number of aryl methyl sites for hydroxylation is 2. The van der Waals surface area contributed by atoms with Gasteiger partial charge in [-0.1, -0.05) is 24.1 Å². The van der Waals surface area contributed by atoms with Gasteiger partial charge in [-0.3, -0.25) is 0 Å². The zero-order valence-electron chi connectivity index (χ0n) is 12.8. The van der Waals surface area contributed by atoms with Crippen LogP contribution in [-0.4, -0.2) is 25.7 Å². The average Bonchev–Trinajstić information content (AvgIpc) is 2.48. The third kappa shape index (κ3) is 3.35. The van der Waals surface area contributed by atoms with Crippen LogP contribution >= 0.6 is 0 Å². The van der Waals surface area contributed by atoms with Crippen LogP contribution in [0.1, 0.15) is 49.7 Å². The summed E-state index contributed by atoms with van der Waals surface area (Å²) in [7, 11) is 0. The monoisotopic (exact) mass is 272 g/mol. The standard InChI is InChI=1S/C18H28N2/c1-15-9-10-18-16(14-15)6-4-12-20(18)13-5-8-17-7-2-3-11-19-17/h9-10,14,17,19H,2-8,11-13H2,1H3. The van der Waals surface area contributed by atoms with Crippen LogP contribution in [0.5, 0.6) is 0 Å². The Labute approximate surface area is 123 Å². The van der Waals surface area contributed by atoms with E-state index in [1.54, 1.807) is 5.56 Å². The molecule has 20 heavy (non-hydrogen) atoms. The number of nitrogens with one attached hydrogen (secondary N) is 1. The first-order valence-electron chi connectivity index (χ1n) is 8.41. The molecule has 2 aliphatic rings. The van der Waals surface area contributed by atoms with E-state index in [-0.39, 0.29) is 0 Å². The number of benzene rings is 1. The van der Waals surface area contributed by atoms with Crippen molar-refractivity contribution in [2.75, 3.05) is 24.5 Å². The van der Waals surface area contributed by atoms with Gasteiger partial charge in [-0.25, -0.2) is 0 Å². The molecular formula is C18H28N2. The second kappa shape index (κ2) is 6.62. The summed E-state index contributed by atoms with van der Waals surface area (Å²) in [4.78, 5) is 2.61. The molecule has 1 aromatic rings. The second-order valence-corrected chi connectivity index (χ2v) is 6.51. The van der Waals surface area contributed by atoms with Crippen LogP contribution in [-0.2, 0) is 6.42 Å². The number of fused-ring (bicyclic) bond motifs is 1. The molecule has 1 aromatic carbocycles. The molecule has 0 amide bonds. The molecule has 0 radical (unpaired) electrons. The summed E-state index contributed by atoms with van der Waals surface area (Å²) in [5.41, 5.74) is 4.46. The first-order valence-corrected chi connectivity index (χ1v) is 8.41. The minimum Gasteiger partial charge on any atom is -0.371 e. The topological polar surface area (TPSA) is 15.3 Å². The maximum absolute atomic E-state index is 3.66. The highest BCUT2D eigenvalue weighted by atomic mass is 15.1. The van der Waals surface area contributed by atoms with E-state index in [9.17, 15) is 0 Å². The van der Waals surface area contributed by atoms with Gasteiger partial charge in [0.1, 0.15) is 0 Å². The van der Waals surface area contributed by atoms with E-state index in [1.165, 1.54) is 75.8 Å². The van der Waals surface area contributed by atoms with E-state index in [4.69, 9.17) is 0 Å². The van der Waals surface area contributed by atoms with E-state index in [0.29, 0.717) is 0 Å². The molecule has 0 aliphatic carbocycles. The molecule has 0 spiro atoms. The summed E-state index contributed by atoms with van der Waals surface area (Å²) in [6.45, 7) is 5.91. The Morgan fingerprint density at radius 3 is 3.05 bits per heavy atom. The van der Waals surface area contributed by atoms with Crippen LogP contribution in [0, 0.1) is 6.92 Å². The van der Waals surface area contributed by atoms with Crippen molar-refractivity contribution < 1.29 is 0 Å². The highest BCUT2D eigenvalue weighted by Gasteiger charge is 2.17. The largest absolute Gasteiger partial charge is 0.371 e. The van der Waals surface area contributed by atoms with Crippen molar-refractivity contribution in [1.82, 2.24) is 5.32 Å². The normalized spacial score (nSPS) is 22.6. The van der Waals surface area contributed by atoms with Gasteiger partial charge < -0.3 is 10.2 Å². The molecular weight excluding hydrogens is 244 g/mol. The molecule has 2 heteroatoms. The lowest BCUT2D eigenvalue weighted by Gasteiger charge is -2.32. The van der Waals surface area contributed by atoms with Crippen molar-refractivity contribution in [2.24, 2.45) is 0 Å². The molecule has 2 nitrogen and oxygen atoms in total. The molecule has 1 unspecified atom stereocenters. The van der Waals surface area contributed by atoms with Gasteiger partial charge in [0.25, 0.3) is 0 Å². The number of hydrogen-bond acceptors (Lipinski definition) is 2. The van der Waals surface area contributed by atoms with Crippen LogP contribution in [0.3, 0.4) is 0 Å². The summed E-state index contributed by atoms with van der Waals surface area (Å²) in [6.07, 6.45) is 9.42. The van der Waals surface area contributed by atoms with E-state index in [0.717, 1.165) is 6.04 Å². The van der Waals surface area contributed by atoms with Gasteiger partial charge in [-0.05, 0) is 63.6 Å². The quantitative estimate of drug-likeness (QED) is 0.899. The van der Waals surface area contributed by atoms with Crippen LogP contribution in [0.25, 0.3) is 0 Å². The van der Waals surface area contributed by atoms with Crippen molar-refractivity contribution in [2.45, 2.75) is 57.9 Å². The first-order chi connectivity index (χ1) is 9.83. The third-order valence-electron chi connectivity index (χ3n) is 4.84. The molecule has 1 fully saturated rings. The van der Waals surface area contributed by atoms with Crippen molar-refractivity contribution in [3.63, 3.8) is 0 Å². The van der Waals surface area contributed by atoms with Crippen LogP contribution in [0.4, 0.5) is 5.69 Å². The van der Waals surface area contributed by atoms with Crippen molar-refractivity contribution in [3.8, 4) is 0 Å². The Balaban J connectivity index is 1.53. The fraction of sp³-hybridized carbons (Fsp3) is 0.667. The Hall–Kier alpha value is -1.02. The molecule has 3 rings (SSSR count). The molecule has 0 bridgehead atoms. The van der Waals surface area contributed by atoms with Crippen molar-refractivity contribution in [3.05, 3.63) is 29.3 Å². The fourth-order valence-corrected chi connectivity index (χ4v) is 3.74. The van der Waals surface area contributed by atoms with Crippen molar-refractivity contribution >= 4 is 5.69 Å². The lowest BCUT2D eigenvalue weighted by atomic mass is 9.98.